The number of aromatic nitrogens is 1. The van der Waals surface area contributed by atoms with Gasteiger partial charge in [0.15, 0.2) is 0 Å². The second-order valence-electron chi connectivity index (χ2n) is 3.88. The quantitative estimate of drug-likeness (QED) is 0.906. The second-order valence-corrected chi connectivity index (χ2v) is 4.82. The molecule has 0 aliphatic carbocycles. The van der Waals surface area contributed by atoms with Gasteiger partial charge in [-0.15, -0.1) is 11.3 Å². The predicted octanol–water partition coefficient (Wildman–Crippen LogP) is 2.74. The maximum Gasteiger partial charge on any atom is 0.119 e. The smallest absolute Gasteiger partial charge is 0.119 e. The van der Waals surface area contributed by atoms with Crippen molar-refractivity contribution in [3.05, 3.63) is 45.9 Å². The van der Waals surface area contributed by atoms with Gasteiger partial charge >= 0.3 is 0 Å². The lowest BCUT2D eigenvalue weighted by atomic mass is 10.1. The van der Waals surface area contributed by atoms with Crippen molar-refractivity contribution >= 4 is 11.3 Å². The number of rotatable bonds is 4. The number of aliphatic hydroxyl groups is 1. The van der Waals surface area contributed by atoms with Gasteiger partial charge in [0.1, 0.15) is 5.75 Å². The van der Waals surface area contributed by atoms with Gasteiger partial charge in [-0.2, -0.15) is 0 Å². The van der Waals surface area contributed by atoms with E-state index in [-0.39, 0.29) is 0 Å². The molecule has 0 bridgehead atoms. The summed E-state index contributed by atoms with van der Waals surface area (Å²) < 4.78 is 5.14. The average Bonchev–Trinajstić information content (AvgIpc) is 2.75. The highest BCUT2D eigenvalue weighted by atomic mass is 32.1. The van der Waals surface area contributed by atoms with Crippen LogP contribution < -0.4 is 4.74 Å². The first kappa shape index (κ1) is 12.1. The number of thiazole rings is 1. The van der Waals surface area contributed by atoms with Crippen LogP contribution in [0.4, 0.5) is 0 Å². The van der Waals surface area contributed by atoms with Gasteiger partial charge in [0.25, 0.3) is 0 Å². The topological polar surface area (TPSA) is 42.4 Å². The van der Waals surface area contributed by atoms with Gasteiger partial charge in [0.2, 0.25) is 0 Å². The molecule has 2 rings (SSSR count). The van der Waals surface area contributed by atoms with Crippen molar-refractivity contribution in [2.45, 2.75) is 19.4 Å². The van der Waals surface area contributed by atoms with Gasteiger partial charge < -0.3 is 9.84 Å². The zero-order chi connectivity index (χ0) is 12.3. The molecule has 3 nitrogen and oxygen atoms in total. The van der Waals surface area contributed by atoms with Crippen molar-refractivity contribution in [1.82, 2.24) is 4.98 Å². The van der Waals surface area contributed by atoms with E-state index in [0.29, 0.717) is 6.42 Å². The summed E-state index contributed by atoms with van der Waals surface area (Å²) >= 11 is 1.58. The monoisotopic (exact) mass is 249 g/mol. The molecule has 2 aromatic rings. The van der Waals surface area contributed by atoms with Crippen molar-refractivity contribution in [3.8, 4) is 5.75 Å². The molecule has 0 radical (unpaired) electrons. The summed E-state index contributed by atoms with van der Waals surface area (Å²) in [5.41, 5.74) is 1.86. The zero-order valence-electron chi connectivity index (χ0n) is 9.88. The summed E-state index contributed by atoms with van der Waals surface area (Å²) in [6.07, 6.45) is 0.0155. The molecule has 1 heterocycles. The van der Waals surface area contributed by atoms with Crippen LogP contribution in [0.3, 0.4) is 0 Å². The summed E-state index contributed by atoms with van der Waals surface area (Å²) in [6.45, 7) is 1.96. The van der Waals surface area contributed by atoms with Crippen LogP contribution in [-0.2, 0) is 6.42 Å². The number of hydrogen-bond donors (Lipinski definition) is 1. The van der Waals surface area contributed by atoms with Crippen LogP contribution in [0.2, 0.25) is 0 Å². The van der Waals surface area contributed by atoms with Crippen molar-refractivity contribution in [2.75, 3.05) is 7.11 Å². The number of aryl methyl sites for hydroxylation is 1. The third-order valence-corrected chi connectivity index (χ3v) is 3.50. The molecule has 1 aromatic carbocycles. The molecule has 1 atom stereocenters. The number of benzene rings is 1. The molecule has 0 aliphatic rings. The fraction of sp³-hybridized carbons (Fsp3) is 0.308. The number of hydrogen-bond acceptors (Lipinski definition) is 4. The first-order chi connectivity index (χ1) is 8.19. The lowest BCUT2D eigenvalue weighted by Gasteiger charge is -2.10. The number of aliphatic hydroxyl groups excluding tert-OH is 1. The molecule has 1 N–H and O–H groups in total. The Balaban J connectivity index is 2.11. The second kappa shape index (κ2) is 5.29. The normalized spacial score (nSPS) is 12.4. The molecule has 17 heavy (non-hydrogen) atoms. The highest BCUT2D eigenvalue weighted by molar-refractivity contribution is 7.09. The molecule has 0 spiro atoms. The summed E-state index contributed by atoms with van der Waals surface area (Å²) in [6, 6.07) is 7.49. The molecule has 0 saturated heterocycles. The van der Waals surface area contributed by atoms with E-state index in [1.165, 1.54) is 0 Å². The number of nitrogens with zero attached hydrogens (tertiary/aromatic N) is 1. The van der Waals surface area contributed by atoms with Gasteiger partial charge in [-0.3, -0.25) is 0 Å². The van der Waals surface area contributed by atoms with E-state index >= 15 is 0 Å². The Morgan fingerprint density at radius 3 is 2.94 bits per heavy atom. The Hall–Kier alpha value is -1.39. The van der Waals surface area contributed by atoms with Gasteiger partial charge in [-0.25, -0.2) is 4.98 Å². The minimum atomic E-state index is -0.532. The minimum Gasteiger partial charge on any atom is -0.497 e. The maximum atomic E-state index is 10.1. The standard InChI is InChI=1S/C13H15NO2S/c1-9-8-17-13(14-9)7-12(15)10-4-3-5-11(6-10)16-2/h3-6,8,12,15H,7H2,1-2H3. The van der Waals surface area contributed by atoms with E-state index in [9.17, 15) is 5.11 Å². The van der Waals surface area contributed by atoms with Crippen LogP contribution in [0.5, 0.6) is 5.75 Å². The first-order valence-corrected chi connectivity index (χ1v) is 6.30. The van der Waals surface area contributed by atoms with E-state index < -0.39 is 6.10 Å². The molecule has 0 saturated carbocycles. The Bertz CT molecular complexity index is 496. The number of methoxy groups -OCH3 is 1. The third-order valence-electron chi connectivity index (χ3n) is 2.51. The zero-order valence-corrected chi connectivity index (χ0v) is 10.7. The first-order valence-electron chi connectivity index (χ1n) is 5.42. The van der Waals surface area contributed by atoms with Crippen LogP contribution in [-0.4, -0.2) is 17.2 Å². The number of ether oxygens (including phenoxy) is 1. The van der Waals surface area contributed by atoms with E-state index in [4.69, 9.17) is 4.74 Å². The van der Waals surface area contributed by atoms with Crippen LogP contribution >= 0.6 is 11.3 Å². The highest BCUT2D eigenvalue weighted by Crippen LogP contribution is 2.23. The fourth-order valence-electron chi connectivity index (χ4n) is 1.63. The van der Waals surface area contributed by atoms with Crippen molar-refractivity contribution in [2.24, 2.45) is 0 Å². The third kappa shape index (κ3) is 3.05. The summed E-state index contributed by atoms with van der Waals surface area (Å²) in [5, 5.41) is 13.1. The van der Waals surface area contributed by atoms with E-state index in [1.54, 1.807) is 18.4 Å². The van der Waals surface area contributed by atoms with E-state index in [0.717, 1.165) is 22.0 Å². The Labute approximate surface area is 105 Å². The lowest BCUT2D eigenvalue weighted by Crippen LogP contribution is -2.01. The minimum absolute atomic E-state index is 0.532. The van der Waals surface area contributed by atoms with Crippen LogP contribution in [0.15, 0.2) is 29.6 Å². The highest BCUT2D eigenvalue weighted by Gasteiger charge is 2.11. The van der Waals surface area contributed by atoms with Crippen molar-refractivity contribution < 1.29 is 9.84 Å². The van der Waals surface area contributed by atoms with Crippen molar-refractivity contribution in [1.29, 1.82) is 0 Å². The average molecular weight is 249 g/mol. The van der Waals surface area contributed by atoms with Gasteiger partial charge in [0, 0.05) is 17.5 Å². The Morgan fingerprint density at radius 1 is 1.47 bits per heavy atom. The molecule has 0 amide bonds. The fourth-order valence-corrected chi connectivity index (χ4v) is 2.44. The molecular formula is C13H15NO2S. The maximum absolute atomic E-state index is 10.1. The van der Waals surface area contributed by atoms with Crippen LogP contribution in [0.25, 0.3) is 0 Å². The van der Waals surface area contributed by atoms with Gasteiger partial charge in [0.05, 0.1) is 18.2 Å². The molecular weight excluding hydrogens is 234 g/mol. The van der Waals surface area contributed by atoms with E-state index in [1.807, 2.05) is 36.6 Å². The Morgan fingerprint density at radius 2 is 2.29 bits per heavy atom. The SMILES string of the molecule is COc1cccc(C(O)Cc2nc(C)cs2)c1. The van der Waals surface area contributed by atoms with Crippen LogP contribution in [0.1, 0.15) is 22.4 Å². The predicted molar refractivity (Wildman–Crippen MR) is 68.5 cm³/mol. The van der Waals surface area contributed by atoms with Crippen molar-refractivity contribution in [3.63, 3.8) is 0 Å². The molecule has 1 unspecified atom stereocenters. The summed E-state index contributed by atoms with van der Waals surface area (Å²) in [5.74, 6) is 0.761. The molecule has 4 heteroatoms. The van der Waals surface area contributed by atoms with Gasteiger partial charge in [-0.05, 0) is 24.6 Å². The molecule has 0 aliphatic heterocycles. The van der Waals surface area contributed by atoms with Crippen LogP contribution in [0, 0.1) is 6.92 Å². The molecule has 0 fully saturated rings. The largest absolute Gasteiger partial charge is 0.497 e. The van der Waals surface area contributed by atoms with E-state index in [2.05, 4.69) is 4.98 Å². The summed E-state index contributed by atoms with van der Waals surface area (Å²) in [4.78, 5) is 4.35. The Kier molecular flexibility index (Phi) is 3.76. The lowest BCUT2D eigenvalue weighted by molar-refractivity contribution is 0.178. The summed E-state index contributed by atoms with van der Waals surface area (Å²) in [7, 11) is 1.62. The molecule has 90 valence electrons. The molecule has 1 aromatic heterocycles. The van der Waals surface area contributed by atoms with Gasteiger partial charge in [-0.1, -0.05) is 12.1 Å².